The second kappa shape index (κ2) is 33.9. The van der Waals surface area contributed by atoms with E-state index in [1.54, 1.807) is 44.2 Å². The molecule has 10 amide bonds. The zero-order chi connectivity index (χ0) is 58.8. The van der Waals surface area contributed by atoms with Crippen LogP contribution in [0.25, 0.3) is 0 Å². The molecule has 1 aromatic rings. The Morgan fingerprint density at radius 3 is 1.71 bits per heavy atom. The Kier molecular flexibility index (Phi) is 28.7. The lowest BCUT2D eigenvalue weighted by Crippen LogP contribution is -2.61. The van der Waals surface area contributed by atoms with Gasteiger partial charge in [-0.15, -0.1) is 0 Å². The maximum atomic E-state index is 14.5. The highest BCUT2D eigenvalue weighted by molar-refractivity contribution is 5.99. The summed E-state index contributed by atoms with van der Waals surface area (Å²) in [5, 5.41) is 47.2. The molecular formula is C52H89N15O12. The molecule has 27 nitrogen and oxygen atoms in total. The smallest absolute Gasteiger partial charge is 0.245 e. The van der Waals surface area contributed by atoms with Gasteiger partial charge >= 0.3 is 0 Å². The predicted octanol–water partition coefficient (Wildman–Crippen LogP) is -5.24. The summed E-state index contributed by atoms with van der Waals surface area (Å²) in [5.74, 6) is -8.89. The lowest BCUT2D eigenvalue weighted by Gasteiger charge is -2.33. The van der Waals surface area contributed by atoms with E-state index in [0.29, 0.717) is 18.4 Å². The third-order valence-electron chi connectivity index (χ3n) is 13.7. The molecule has 1 heterocycles. The van der Waals surface area contributed by atoms with Gasteiger partial charge in [-0.05, 0) is 109 Å². The van der Waals surface area contributed by atoms with E-state index in [2.05, 4.69) is 53.2 Å². The van der Waals surface area contributed by atoms with Crippen molar-refractivity contribution in [3.8, 4) is 0 Å². The number of hydrogen-bond acceptors (Lipinski definition) is 17. The molecule has 444 valence electrons. The highest BCUT2D eigenvalue weighted by atomic mass is 16.3. The quantitative estimate of drug-likeness (QED) is 0.0516. The minimum absolute atomic E-state index is 0.00991. The van der Waals surface area contributed by atoms with Crippen LogP contribution in [-0.2, 0) is 54.4 Å². The maximum Gasteiger partial charge on any atom is 0.245 e. The molecule has 27 heteroatoms. The van der Waals surface area contributed by atoms with Gasteiger partial charge in [-0.25, -0.2) is 0 Å². The fourth-order valence-electron chi connectivity index (χ4n) is 9.31. The zero-order valence-corrected chi connectivity index (χ0v) is 46.1. The summed E-state index contributed by atoms with van der Waals surface area (Å²) in [4.78, 5) is 140. The van der Waals surface area contributed by atoms with Crippen molar-refractivity contribution >= 4 is 59.1 Å². The van der Waals surface area contributed by atoms with Crippen LogP contribution in [0.1, 0.15) is 117 Å². The van der Waals surface area contributed by atoms with Gasteiger partial charge in [0.1, 0.15) is 54.4 Å². The first-order valence-electron chi connectivity index (χ1n) is 27.4. The van der Waals surface area contributed by atoms with E-state index in [4.69, 9.17) is 28.7 Å². The van der Waals surface area contributed by atoms with E-state index in [-0.39, 0.29) is 83.5 Å². The molecule has 0 aromatic heterocycles. The molecule has 1 aromatic carbocycles. The van der Waals surface area contributed by atoms with Crippen molar-refractivity contribution < 1.29 is 58.2 Å². The average molecular weight is 1120 g/mol. The Morgan fingerprint density at radius 1 is 0.633 bits per heavy atom. The van der Waals surface area contributed by atoms with Crippen LogP contribution in [-0.4, -0.2) is 174 Å². The zero-order valence-electron chi connectivity index (χ0n) is 46.1. The van der Waals surface area contributed by atoms with Gasteiger partial charge in [0.25, 0.3) is 0 Å². The van der Waals surface area contributed by atoms with E-state index in [9.17, 15) is 58.2 Å². The molecule has 1 saturated heterocycles. The monoisotopic (exact) mass is 1120 g/mol. The van der Waals surface area contributed by atoms with Gasteiger partial charge in [-0.3, -0.25) is 47.9 Å². The van der Waals surface area contributed by atoms with E-state index in [1.165, 1.54) is 13.8 Å². The second-order valence-corrected chi connectivity index (χ2v) is 21.1. The highest BCUT2D eigenvalue weighted by Crippen LogP contribution is 2.28. The summed E-state index contributed by atoms with van der Waals surface area (Å²) >= 11 is 0. The summed E-state index contributed by atoms with van der Waals surface area (Å²) in [7, 11) is 0. The standard InChI is InChI=1S/C52H89N15O12/c1-29(2)26-38-48(76)59-33(14-11-21-53)43(71)61-36(17-24-56)47(75)67-41(30(3)68)50(78)58-25-18-37(46(74)60-34(15-22-54)45(73)65-39(49(77)64-38)27-32-12-7-5-8-13-32)62-44(72)35(16-23-55)63-51(79)42(31(4)69)66-40(70)28-52(57)19-9-6-10-20-52/h5,7-8,12-13,29-31,33-39,41-42,68-69H,6,9-11,14-28,53-57H2,1-4H3,(H,58,78)(H,59,76)(H,60,74)(H,61,71)(H,62,72)(H,63,79)(H,64,77)(H,65,73)(H,66,70)(H,67,75)/t30?,31?,33-,34-,35-,36-,37-,38-,39+,41-,42-/m0/s1. The van der Waals surface area contributed by atoms with Crippen LogP contribution in [0.3, 0.4) is 0 Å². The van der Waals surface area contributed by atoms with Crippen LogP contribution >= 0.6 is 0 Å². The van der Waals surface area contributed by atoms with Gasteiger partial charge in [-0.1, -0.05) is 63.4 Å². The largest absolute Gasteiger partial charge is 0.391 e. The van der Waals surface area contributed by atoms with Crippen molar-refractivity contribution in [2.45, 2.75) is 190 Å². The third-order valence-corrected chi connectivity index (χ3v) is 13.7. The van der Waals surface area contributed by atoms with Crippen molar-refractivity contribution in [2.24, 2.45) is 34.6 Å². The average Bonchev–Trinajstić information content (AvgIpc) is 3.39. The second-order valence-electron chi connectivity index (χ2n) is 21.1. The minimum atomic E-state index is -1.66. The lowest BCUT2D eigenvalue weighted by molar-refractivity contribution is -0.136. The van der Waals surface area contributed by atoms with Crippen LogP contribution in [0.2, 0.25) is 0 Å². The SMILES string of the molecule is CC(C)C[C@@H]1NC(=O)[C@@H](Cc2ccccc2)NC(=O)[C@H](CCN)NC(=O)[C@@H](NC(=O)[C@H](CCN)NC(=O)[C@@H](NC(=O)CC2(N)CCCCC2)C(C)O)CCNC(=O)[C@H](C(C)O)NC(=O)[C@H](CCN)NC(=O)[C@H](CCCN)NC1=O. The fourth-order valence-corrected chi connectivity index (χ4v) is 9.31. The molecule has 2 fully saturated rings. The molecule has 22 N–H and O–H groups in total. The number of aliphatic hydroxyl groups is 2. The Bertz CT molecular complexity index is 2180. The minimum Gasteiger partial charge on any atom is -0.391 e. The third kappa shape index (κ3) is 22.7. The maximum absolute atomic E-state index is 14.5. The Hall–Kier alpha value is -6.36. The van der Waals surface area contributed by atoms with E-state index < -0.39 is 144 Å². The molecule has 2 unspecified atom stereocenters. The molecule has 79 heavy (non-hydrogen) atoms. The van der Waals surface area contributed by atoms with Crippen molar-refractivity contribution in [3.63, 3.8) is 0 Å². The summed E-state index contributed by atoms with van der Waals surface area (Å²) in [5.41, 5.74) is 29.8. The van der Waals surface area contributed by atoms with Gasteiger partial charge in [-0.2, -0.15) is 0 Å². The van der Waals surface area contributed by atoms with Crippen molar-refractivity contribution in [2.75, 3.05) is 32.7 Å². The van der Waals surface area contributed by atoms with Crippen LogP contribution < -0.4 is 81.8 Å². The number of rotatable bonds is 22. The predicted molar refractivity (Wildman–Crippen MR) is 292 cm³/mol. The molecule has 0 radical (unpaired) electrons. The number of hydrogen-bond donors (Lipinski definition) is 17. The Balaban J connectivity index is 2.10. The van der Waals surface area contributed by atoms with Crippen LogP contribution in [0.15, 0.2) is 30.3 Å². The molecule has 2 aliphatic rings. The molecule has 3 rings (SSSR count). The van der Waals surface area contributed by atoms with Crippen LogP contribution in [0.4, 0.5) is 0 Å². The topological polar surface area (TPSA) is 462 Å². The van der Waals surface area contributed by atoms with Crippen molar-refractivity contribution in [1.29, 1.82) is 0 Å². The van der Waals surface area contributed by atoms with Crippen molar-refractivity contribution in [3.05, 3.63) is 35.9 Å². The number of aliphatic hydroxyl groups excluding tert-OH is 2. The molecule has 11 atom stereocenters. The van der Waals surface area contributed by atoms with Gasteiger partial charge in [0.15, 0.2) is 0 Å². The van der Waals surface area contributed by atoms with Gasteiger partial charge in [0.2, 0.25) is 59.1 Å². The van der Waals surface area contributed by atoms with Crippen LogP contribution in [0, 0.1) is 5.92 Å². The van der Waals surface area contributed by atoms with Crippen molar-refractivity contribution in [1.82, 2.24) is 53.2 Å². The normalized spacial score (nSPS) is 24.8. The number of amides is 10. The Labute approximate surface area is 462 Å². The molecule has 1 aliphatic heterocycles. The molecule has 0 spiro atoms. The number of benzene rings is 1. The molecular weight excluding hydrogens is 1030 g/mol. The first kappa shape index (κ1) is 66.9. The number of nitrogens with two attached hydrogens (primary N) is 5. The van der Waals surface area contributed by atoms with Gasteiger partial charge in [0.05, 0.1) is 12.2 Å². The number of carbonyl (C=O) groups is 10. The summed E-state index contributed by atoms with van der Waals surface area (Å²) in [6.07, 6.45) is -0.0470. The number of carbonyl (C=O) groups excluding carboxylic acids is 10. The summed E-state index contributed by atoms with van der Waals surface area (Å²) < 4.78 is 0. The Morgan fingerprint density at radius 2 is 1.16 bits per heavy atom. The highest BCUT2D eigenvalue weighted by Gasteiger charge is 2.38. The number of nitrogens with one attached hydrogen (secondary N) is 10. The van der Waals surface area contributed by atoms with E-state index >= 15 is 0 Å². The fraction of sp³-hybridized carbons (Fsp3) is 0.692. The van der Waals surface area contributed by atoms with E-state index in [0.717, 1.165) is 19.3 Å². The molecule has 1 aliphatic carbocycles. The first-order chi connectivity index (χ1) is 37.4. The molecule has 0 bridgehead atoms. The van der Waals surface area contributed by atoms with Crippen LogP contribution in [0.5, 0.6) is 0 Å². The summed E-state index contributed by atoms with van der Waals surface area (Å²) in [6.45, 7) is 5.30. The lowest BCUT2D eigenvalue weighted by atomic mass is 9.80. The first-order valence-corrected chi connectivity index (χ1v) is 27.4. The van der Waals surface area contributed by atoms with E-state index in [1.807, 2.05) is 0 Å². The van der Waals surface area contributed by atoms with Gasteiger partial charge < -0.3 is 92.0 Å². The molecule has 1 saturated carbocycles. The van der Waals surface area contributed by atoms with Gasteiger partial charge in [0, 0.05) is 24.9 Å². The summed E-state index contributed by atoms with van der Waals surface area (Å²) in [6, 6.07) is -4.50.